The predicted molar refractivity (Wildman–Crippen MR) is 81.2 cm³/mol. The summed E-state index contributed by atoms with van der Waals surface area (Å²) < 4.78 is 5.02. The van der Waals surface area contributed by atoms with Crippen molar-refractivity contribution in [2.24, 2.45) is 9.98 Å². The van der Waals surface area contributed by atoms with Crippen LogP contribution in [-0.2, 0) is 4.74 Å². The van der Waals surface area contributed by atoms with Crippen molar-refractivity contribution < 1.29 is 9.53 Å². The summed E-state index contributed by atoms with van der Waals surface area (Å²) in [5.41, 5.74) is 6.04. The first-order valence-electron chi connectivity index (χ1n) is 6.86. The van der Waals surface area contributed by atoms with E-state index in [0.29, 0.717) is 12.2 Å². The van der Waals surface area contributed by atoms with Crippen molar-refractivity contribution in [3.05, 3.63) is 59.2 Å². The van der Waals surface area contributed by atoms with Crippen LogP contribution >= 0.6 is 0 Å². The number of carbonyl (C=O) groups excluding carboxylic acids is 1. The Hall–Kier alpha value is -2.75. The number of carbonyl (C=O) groups is 1. The molecule has 0 radical (unpaired) electrons. The van der Waals surface area contributed by atoms with Gasteiger partial charge in [0.25, 0.3) is 0 Å². The van der Waals surface area contributed by atoms with Crippen LogP contribution in [0, 0.1) is 0 Å². The SMILES string of the molecule is CCOC(=O)c1ccc2c(c1)N=C1C2=Nc2ccccc21. The Labute approximate surface area is 121 Å². The van der Waals surface area contributed by atoms with E-state index in [4.69, 9.17) is 4.74 Å². The van der Waals surface area contributed by atoms with Crippen molar-refractivity contribution in [2.75, 3.05) is 6.61 Å². The molecule has 0 aromatic heterocycles. The molecule has 2 aliphatic heterocycles. The van der Waals surface area contributed by atoms with Gasteiger partial charge in [-0.3, -0.25) is 0 Å². The van der Waals surface area contributed by atoms with Crippen molar-refractivity contribution in [1.82, 2.24) is 0 Å². The zero-order valence-electron chi connectivity index (χ0n) is 11.5. The second-order valence-electron chi connectivity index (χ2n) is 4.89. The van der Waals surface area contributed by atoms with Crippen molar-refractivity contribution in [2.45, 2.75) is 6.92 Å². The molecule has 0 amide bonds. The standard InChI is InChI=1S/C17H12N2O2/c1-2-21-17(20)10-7-8-12-14(9-10)19-15-11-5-3-4-6-13(11)18-16(12)15/h3-9H,2H2,1H3. The van der Waals surface area contributed by atoms with Gasteiger partial charge in [0.1, 0.15) is 0 Å². The Kier molecular flexibility index (Phi) is 2.51. The van der Waals surface area contributed by atoms with Gasteiger partial charge in [-0.1, -0.05) is 18.2 Å². The van der Waals surface area contributed by atoms with Gasteiger partial charge in [0.05, 0.1) is 35.0 Å². The van der Waals surface area contributed by atoms with E-state index in [1.807, 2.05) is 30.3 Å². The molecule has 0 saturated carbocycles. The molecule has 0 aliphatic carbocycles. The number of esters is 1. The molecule has 0 N–H and O–H groups in total. The molecule has 4 heteroatoms. The largest absolute Gasteiger partial charge is 0.462 e. The fraction of sp³-hybridized carbons (Fsp3) is 0.118. The zero-order valence-corrected chi connectivity index (χ0v) is 11.5. The van der Waals surface area contributed by atoms with E-state index in [1.54, 1.807) is 19.1 Å². The van der Waals surface area contributed by atoms with E-state index in [0.717, 1.165) is 33.9 Å². The average Bonchev–Trinajstić information content (AvgIpc) is 3.02. The smallest absolute Gasteiger partial charge is 0.338 e. The van der Waals surface area contributed by atoms with Crippen LogP contribution in [0.1, 0.15) is 28.4 Å². The number of rotatable bonds is 2. The van der Waals surface area contributed by atoms with E-state index in [2.05, 4.69) is 9.98 Å². The van der Waals surface area contributed by atoms with E-state index in [1.165, 1.54) is 0 Å². The van der Waals surface area contributed by atoms with Gasteiger partial charge >= 0.3 is 5.97 Å². The molecule has 4 rings (SSSR count). The van der Waals surface area contributed by atoms with Gasteiger partial charge in [-0.2, -0.15) is 0 Å². The van der Waals surface area contributed by atoms with E-state index in [-0.39, 0.29) is 5.97 Å². The molecule has 0 bridgehead atoms. The lowest BCUT2D eigenvalue weighted by atomic mass is 10.0. The molecule has 2 aliphatic rings. The summed E-state index contributed by atoms with van der Waals surface area (Å²) in [7, 11) is 0. The molecular formula is C17H12N2O2. The quantitative estimate of drug-likeness (QED) is 0.789. The topological polar surface area (TPSA) is 51.0 Å². The summed E-state index contributed by atoms with van der Waals surface area (Å²) >= 11 is 0. The highest BCUT2D eigenvalue weighted by Gasteiger charge is 2.30. The third-order valence-electron chi connectivity index (χ3n) is 3.61. The number of hydrogen-bond acceptors (Lipinski definition) is 4. The van der Waals surface area contributed by atoms with Crippen LogP contribution < -0.4 is 0 Å². The van der Waals surface area contributed by atoms with Gasteiger partial charge in [-0.05, 0) is 31.2 Å². The van der Waals surface area contributed by atoms with Crippen LogP contribution in [0.2, 0.25) is 0 Å². The Balaban J connectivity index is 1.79. The summed E-state index contributed by atoms with van der Waals surface area (Å²) in [5.74, 6) is -0.320. The number of ether oxygens (including phenoxy) is 1. The molecule has 0 saturated heterocycles. The number of hydrogen-bond donors (Lipinski definition) is 0. The minimum atomic E-state index is -0.320. The van der Waals surface area contributed by atoms with Crippen LogP contribution in [0.15, 0.2) is 52.4 Å². The highest BCUT2D eigenvalue weighted by Crippen LogP contribution is 2.38. The monoisotopic (exact) mass is 276 g/mol. The van der Waals surface area contributed by atoms with Crippen LogP contribution in [0.4, 0.5) is 11.4 Å². The molecule has 0 atom stereocenters. The van der Waals surface area contributed by atoms with Crippen molar-refractivity contribution >= 4 is 28.8 Å². The Morgan fingerprint density at radius 3 is 2.52 bits per heavy atom. The molecule has 102 valence electrons. The van der Waals surface area contributed by atoms with Gasteiger partial charge in [-0.25, -0.2) is 14.8 Å². The van der Waals surface area contributed by atoms with Gasteiger partial charge in [0, 0.05) is 11.1 Å². The van der Waals surface area contributed by atoms with Crippen molar-refractivity contribution in [3.8, 4) is 0 Å². The minimum Gasteiger partial charge on any atom is -0.462 e. The maximum Gasteiger partial charge on any atom is 0.338 e. The second-order valence-corrected chi connectivity index (χ2v) is 4.89. The van der Waals surface area contributed by atoms with E-state index < -0.39 is 0 Å². The molecule has 0 unspecified atom stereocenters. The first kappa shape index (κ1) is 12.0. The van der Waals surface area contributed by atoms with Gasteiger partial charge in [-0.15, -0.1) is 0 Å². The number of fused-ring (bicyclic) bond motifs is 5. The van der Waals surface area contributed by atoms with Crippen LogP contribution in [0.5, 0.6) is 0 Å². The Bertz CT molecular complexity index is 834. The summed E-state index contributed by atoms with van der Waals surface area (Å²) in [5, 5.41) is 0. The second kappa shape index (κ2) is 4.38. The lowest BCUT2D eigenvalue weighted by Crippen LogP contribution is -2.07. The minimum absolute atomic E-state index is 0.320. The molecular weight excluding hydrogens is 264 g/mol. The highest BCUT2D eigenvalue weighted by molar-refractivity contribution is 6.60. The van der Waals surface area contributed by atoms with Crippen LogP contribution in [0.3, 0.4) is 0 Å². The van der Waals surface area contributed by atoms with Crippen LogP contribution in [0.25, 0.3) is 0 Å². The zero-order chi connectivity index (χ0) is 14.4. The fourth-order valence-corrected chi connectivity index (χ4v) is 2.66. The summed E-state index contributed by atoms with van der Waals surface area (Å²) in [6, 6.07) is 13.4. The Morgan fingerprint density at radius 1 is 1.00 bits per heavy atom. The summed E-state index contributed by atoms with van der Waals surface area (Å²) in [6.45, 7) is 2.16. The van der Waals surface area contributed by atoms with Gasteiger partial charge in [0.15, 0.2) is 0 Å². The molecule has 21 heavy (non-hydrogen) atoms. The number of benzene rings is 2. The molecule has 2 heterocycles. The van der Waals surface area contributed by atoms with Crippen molar-refractivity contribution in [3.63, 3.8) is 0 Å². The summed E-state index contributed by atoms with van der Waals surface area (Å²) in [6.07, 6.45) is 0. The maximum atomic E-state index is 11.8. The molecule has 2 aromatic rings. The highest BCUT2D eigenvalue weighted by atomic mass is 16.5. The first-order valence-corrected chi connectivity index (χ1v) is 6.86. The van der Waals surface area contributed by atoms with Gasteiger partial charge in [0.2, 0.25) is 0 Å². The summed E-state index contributed by atoms with van der Waals surface area (Å²) in [4.78, 5) is 21.1. The lowest BCUT2D eigenvalue weighted by molar-refractivity contribution is 0.0526. The number of nitrogens with zero attached hydrogens (tertiary/aromatic N) is 2. The van der Waals surface area contributed by atoms with Crippen LogP contribution in [-0.4, -0.2) is 24.0 Å². The normalized spacial score (nSPS) is 14.0. The molecule has 0 fully saturated rings. The molecule has 0 spiro atoms. The Morgan fingerprint density at radius 2 is 1.71 bits per heavy atom. The maximum absolute atomic E-state index is 11.8. The third-order valence-corrected chi connectivity index (χ3v) is 3.61. The van der Waals surface area contributed by atoms with Crippen molar-refractivity contribution in [1.29, 1.82) is 0 Å². The number of para-hydroxylation sites is 1. The third kappa shape index (κ3) is 1.72. The average molecular weight is 276 g/mol. The number of aliphatic imine (C=N–C) groups is 2. The molecule has 2 aromatic carbocycles. The lowest BCUT2D eigenvalue weighted by Gasteiger charge is -2.03. The first-order chi connectivity index (χ1) is 10.3. The van der Waals surface area contributed by atoms with E-state index >= 15 is 0 Å². The van der Waals surface area contributed by atoms with E-state index in [9.17, 15) is 4.79 Å². The predicted octanol–water partition coefficient (Wildman–Crippen LogP) is 3.43. The van der Waals surface area contributed by atoms with Gasteiger partial charge < -0.3 is 4.74 Å². The fourth-order valence-electron chi connectivity index (χ4n) is 2.66. The molecule has 4 nitrogen and oxygen atoms in total.